The topological polar surface area (TPSA) is 29.5 Å². The summed E-state index contributed by atoms with van der Waals surface area (Å²) in [7, 11) is 0. The highest BCUT2D eigenvalue weighted by molar-refractivity contribution is 6.32. The lowest BCUT2D eigenvalue weighted by Gasteiger charge is -2.18. The van der Waals surface area contributed by atoms with E-state index in [0.29, 0.717) is 10.8 Å². The van der Waals surface area contributed by atoms with Gasteiger partial charge in [-0.2, -0.15) is 0 Å². The van der Waals surface area contributed by atoms with Crippen LogP contribution in [0.1, 0.15) is 24.8 Å². The zero-order chi connectivity index (χ0) is 10.8. The summed E-state index contributed by atoms with van der Waals surface area (Å²) in [5.41, 5.74) is 1.11. The third-order valence-electron chi connectivity index (χ3n) is 2.78. The number of rotatable bonds is 2. The van der Waals surface area contributed by atoms with Crippen LogP contribution in [0.3, 0.4) is 0 Å². The van der Waals surface area contributed by atoms with Crippen LogP contribution in [-0.4, -0.2) is 17.3 Å². The van der Waals surface area contributed by atoms with E-state index in [0.717, 1.165) is 24.8 Å². The van der Waals surface area contributed by atoms with Gasteiger partial charge in [0.2, 0.25) is 0 Å². The van der Waals surface area contributed by atoms with Crippen molar-refractivity contribution in [2.24, 2.45) is 0 Å². The van der Waals surface area contributed by atoms with Gasteiger partial charge in [-0.25, -0.2) is 0 Å². The van der Waals surface area contributed by atoms with Gasteiger partial charge in [0.25, 0.3) is 0 Å². The maximum atomic E-state index is 9.63. The first-order valence-corrected chi connectivity index (χ1v) is 5.65. The molecule has 82 valence electrons. The smallest absolute Gasteiger partial charge is 0.138 e. The van der Waals surface area contributed by atoms with Gasteiger partial charge in [-0.1, -0.05) is 17.7 Å². The van der Waals surface area contributed by atoms with E-state index in [1.807, 2.05) is 25.1 Å². The molecule has 0 aromatic heterocycles. The molecule has 0 spiro atoms. The molecule has 2 atom stereocenters. The Morgan fingerprint density at radius 3 is 2.80 bits per heavy atom. The van der Waals surface area contributed by atoms with Gasteiger partial charge in [-0.15, -0.1) is 0 Å². The second-order valence-corrected chi connectivity index (χ2v) is 4.50. The molecule has 1 aromatic rings. The molecule has 0 amide bonds. The second-order valence-electron chi connectivity index (χ2n) is 4.09. The molecule has 2 nitrogen and oxygen atoms in total. The molecule has 1 fully saturated rings. The molecule has 0 heterocycles. The minimum absolute atomic E-state index is 0.0924. The van der Waals surface area contributed by atoms with Crippen LogP contribution in [-0.2, 0) is 0 Å². The van der Waals surface area contributed by atoms with E-state index in [4.69, 9.17) is 16.3 Å². The van der Waals surface area contributed by atoms with E-state index in [1.54, 1.807) is 0 Å². The molecule has 2 unspecified atom stereocenters. The van der Waals surface area contributed by atoms with Gasteiger partial charge in [0, 0.05) is 0 Å². The van der Waals surface area contributed by atoms with Crippen molar-refractivity contribution in [3.63, 3.8) is 0 Å². The van der Waals surface area contributed by atoms with Gasteiger partial charge >= 0.3 is 0 Å². The fourth-order valence-electron chi connectivity index (χ4n) is 1.91. The molecule has 3 heteroatoms. The van der Waals surface area contributed by atoms with Crippen molar-refractivity contribution in [3.05, 3.63) is 28.8 Å². The number of halogens is 1. The Kier molecular flexibility index (Phi) is 3.17. The van der Waals surface area contributed by atoms with Gasteiger partial charge in [0.1, 0.15) is 11.9 Å². The summed E-state index contributed by atoms with van der Waals surface area (Å²) in [6.07, 6.45) is 2.32. The number of aliphatic hydroxyl groups excluding tert-OH is 1. The highest BCUT2D eigenvalue weighted by atomic mass is 35.5. The monoisotopic (exact) mass is 226 g/mol. The number of benzene rings is 1. The zero-order valence-corrected chi connectivity index (χ0v) is 9.50. The van der Waals surface area contributed by atoms with Crippen molar-refractivity contribution in [2.75, 3.05) is 0 Å². The van der Waals surface area contributed by atoms with Gasteiger partial charge in [-0.3, -0.25) is 0 Å². The number of aryl methyl sites for hydroxylation is 1. The lowest BCUT2D eigenvalue weighted by molar-refractivity contribution is 0.0604. The van der Waals surface area contributed by atoms with E-state index >= 15 is 0 Å². The summed E-state index contributed by atoms with van der Waals surface area (Å²) >= 11 is 6.05. The molecule has 1 aromatic carbocycles. The first-order chi connectivity index (χ1) is 7.16. The first kappa shape index (κ1) is 10.8. The van der Waals surface area contributed by atoms with Gasteiger partial charge < -0.3 is 9.84 Å². The highest BCUT2D eigenvalue weighted by Gasteiger charge is 2.27. The van der Waals surface area contributed by atoms with Crippen LogP contribution >= 0.6 is 11.6 Å². The minimum atomic E-state index is -0.345. The summed E-state index contributed by atoms with van der Waals surface area (Å²) in [5, 5.41) is 10.2. The molecular weight excluding hydrogens is 212 g/mol. The van der Waals surface area contributed by atoms with Crippen LogP contribution in [0.5, 0.6) is 5.75 Å². The Bertz CT molecular complexity index is 351. The molecule has 0 bridgehead atoms. The Labute approximate surface area is 94.8 Å². The molecule has 0 saturated heterocycles. The predicted octanol–water partition coefficient (Wildman–Crippen LogP) is 2.94. The van der Waals surface area contributed by atoms with Crippen LogP contribution in [0.4, 0.5) is 0 Å². The maximum absolute atomic E-state index is 9.63. The van der Waals surface area contributed by atoms with E-state index < -0.39 is 0 Å². The van der Waals surface area contributed by atoms with Gasteiger partial charge in [0.15, 0.2) is 0 Å². The lowest BCUT2D eigenvalue weighted by Crippen LogP contribution is -2.25. The Balaban J connectivity index is 2.10. The minimum Gasteiger partial charge on any atom is -0.486 e. The summed E-state index contributed by atoms with van der Waals surface area (Å²) in [4.78, 5) is 0. The molecule has 0 radical (unpaired) electrons. The molecule has 2 rings (SSSR count). The highest BCUT2D eigenvalue weighted by Crippen LogP contribution is 2.30. The van der Waals surface area contributed by atoms with E-state index in [9.17, 15) is 5.11 Å². The number of hydrogen-bond acceptors (Lipinski definition) is 2. The summed E-state index contributed by atoms with van der Waals surface area (Å²) in [5.74, 6) is 0.674. The third kappa shape index (κ3) is 2.44. The fourth-order valence-corrected chi connectivity index (χ4v) is 2.19. The molecule has 15 heavy (non-hydrogen) atoms. The molecule has 1 aliphatic rings. The van der Waals surface area contributed by atoms with Crippen LogP contribution in [0.15, 0.2) is 18.2 Å². The lowest BCUT2D eigenvalue weighted by atomic mass is 10.2. The SMILES string of the molecule is Cc1ccc(OC2CCCC2O)c(Cl)c1. The normalized spacial score (nSPS) is 25.5. The van der Waals surface area contributed by atoms with Gasteiger partial charge in [0.05, 0.1) is 11.1 Å². The van der Waals surface area contributed by atoms with E-state index in [-0.39, 0.29) is 12.2 Å². The van der Waals surface area contributed by atoms with Crippen molar-refractivity contribution in [1.82, 2.24) is 0 Å². The Hall–Kier alpha value is -0.730. The summed E-state index contributed by atoms with van der Waals surface area (Å²) in [6.45, 7) is 1.99. The fraction of sp³-hybridized carbons (Fsp3) is 0.500. The average Bonchev–Trinajstić information content (AvgIpc) is 2.57. The number of ether oxygens (including phenoxy) is 1. The van der Waals surface area contributed by atoms with Crippen LogP contribution in [0.25, 0.3) is 0 Å². The zero-order valence-electron chi connectivity index (χ0n) is 8.74. The summed E-state index contributed by atoms with van der Waals surface area (Å²) in [6, 6.07) is 5.70. The van der Waals surface area contributed by atoms with E-state index in [2.05, 4.69) is 0 Å². The number of aliphatic hydroxyl groups is 1. The van der Waals surface area contributed by atoms with E-state index in [1.165, 1.54) is 0 Å². The summed E-state index contributed by atoms with van der Waals surface area (Å²) < 4.78 is 5.69. The predicted molar refractivity (Wildman–Crippen MR) is 60.5 cm³/mol. The van der Waals surface area contributed by atoms with Crippen LogP contribution in [0.2, 0.25) is 5.02 Å². The quantitative estimate of drug-likeness (QED) is 0.840. The van der Waals surface area contributed by atoms with Crippen molar-refractivity contribution in [1.29, 1.82) is 0 Å². The molecule has 1 saturated carbocycles. The van der Waals surface area contributed by atoms with Gasteiger partial charge in [-0.05, 0) is 43.9 Å². The largest absolute Gasteiger partial charge is 0.486 e. The molecule has 0 aliphatic heterocycles. The Morgan fingerprint density at radius 2 is 2.20 bits per heavy atom. The third-order valence-corrected chi connectivity index (χ3v) is 3.08. The average molecular weight is 227 g/mol. The standard InChI is InChI=1S/C12H15ClO2/c1-8-5-6-11(9(13)7-8)15-12-4-2-3-10(12)14/h5-7,10,12,14H,2-4H2,1H3. The number of hydrogen-bond donors (Lipinski definition) is 1. The van der Waals surface area contributed by atoms with Crippen LogP contribution in [0, 0.1) is 6.92 Å². The maximum Gasteiger partial charge on any atom is 0.138 e. The Morgan fingerprint density at radius 1 is 1.40 bits per heavy atom. The van der Waals surface area contributed by atoms with Crippen molar-refractivity contribution >= 4 is 11.6 Å². The molecular formula is C12H15ClO2. The second kappa shape index (κ2) is 4.42. The van der Waals surface area contributed by atoms with Crippen molar-refractivity contribution in [2.45, 2.75) is 38.4 Å². The molecule has 1 aliphatic carbocycles. The van der Waals surface area contributed by atoms with Crippen molar-refractivity contribution < 1.29 is 9.84 Å². The van der Waals surface area contributed by atoms with Crippen LogP contribution < -0.4 is 4.74 Å². The van der Waals surface area contributed by atoms with Crippen molar-refractivity contribution in [3.8, 4) is 5.75 Å². The first-order valence-electron chi connectivity index (χ1n) is 5.27. The molecule has 1 N–H and O–H groups in total.